The Labute approximate surface area is 126 Å². The Bertz CT molecular complexity index is 580. The van der Waals surface area contributed by atoms with Crippen LogP contribution >= 0.6 is 0 Å². The standard InChI is InChI=1S/C17H24N2O2/c1-17(2,3)21-16(20)19-9-5-6-15(19)12-10-13-7-8-14(11-12)18(13)4/h5-6,9-10,13-14H,7-8,11H2,1-4H3. The van der Waals surface area contributed by atoms with Crippen LogP contribution in [0.25, 0.3) is 5.57 Å². The highest BCUT2D eigenvalue weighted by Crippen LogP contribution is 2.37. The first-order valence-corrected chi connectivity index (χ1v) is 7.69. The third-order valence-corrected chi connectivity index (χ3v) is 4.41. The summed E-state index contributed by atoms with van der Waals surface area (Å²) in [4.78, 5) is 14.8. The molecule has 1 aromatic rings. The molecule has 2 atom stereocenters. The molecule has 0 amide bonds. The van der Waals surface area contributed by atoms with Crippen molar-refractivity contribution in [2.24, 2.45) is 0 Å². The third kappa shape index (κ3) is 2.77. The number of rotatable bonds is 1. The fraction of sp³-hybridized carbons (Fsp3) is 0.588. The maximum atomic E-state index is 12.3. The average molecular weight is 288 g/mol. The molecule has 3 heterocycles. The number of aromatic nitrogens is 1. The van der Waals surface area contributed by atoms with Gasteiger partial charge < -0.3 is 4.74 Å². The van der Waals surface area contributed by atoms with Gasteiger partial charge in [-0.05, 0) is 64.8 Å². The molecule has 0 radical (unpaired) electrons. The molecular formula is C17H24N2O2. The number of likely N-dealkylation sites (N-methyl/N-ethyl adjacent to an activating group) is 1. The van der Waals surface area contributed by atoms with Gasteiger partial charge in [0.1, 0.15) is 5.60 Å². The van der Waals surface area contributed by atoms with Crippen LogP contribution in [0, 0.1) is 0 Å². The zero-order valence-electron chi connectivity index (χ0n) is 13.3. The minimum absolute atomic E-state index is 0.297. The van der Waals surface area contributed by atoms with Gasteiger partial charge in [0.2, 0.25) is 0 Å². The second-order valence-corrected chi connectivity index (χ2v) is 7.10. The van der Waals surface area contributed by atoms with E-state index in [9.17, 15) is 4.79 Å². The molecule has 114 valence electrons. The summed E-state index contributed by atoms with van der Waals surface area (Å²) in [5.41, 5.74) is 1.78. The predicted molar refractivity (Wildman–Crippen MR) is 83.2 cm³/mol. The SMILES string of the molecule is CN1C2C=C(c3cccn3C(=O)OC(C)(C)C)CC1CC2. The molecule has 4 nitrogen and oxygen atoms in total. The second kappa shape index (κ2) is 5.02. The molecule has 2 bridgehead atoms. The van der Waals surface area contributed by atoms with E-state index in [1.165, 1.54) is 18.4 Å². The van der Waals surface area contributed by atoms with Gasteiger partial charge in [-0.25, -0.2) is 4.79 Å². The highest BCUT2D eigenvalue weighted by molar-refractivity contribution is 5.78. The molecule has 1 saturated heterocycles. The van der Waals surface area contributed by atoms with Crippen molar-refractivity contribution in [3.63, 3.8) is 0 Å². The molecule has 1 aromatic heterocycles. The number of carbonyl (C=O) groups excluding carboxylic acids is 1. The summed E-state index contributed by atoms with van der Waals surface area (Å²) < 4.78 is 7.13. The fourth-order valence-corrected chi connectivity index (χ4v) is 3.35. The van der Waals surface area contributed by atoms with Gasteiger partial charge >= 0.3 is 6.09 Å². The van der Waals surface area contributed by atoms with Gasteiger partial charge in [0, 0.05) is 18.3 Å². The van der Waals surface area contributed by atoms with Crippen LogP contribution in [-0.4, -0.2) is 40.3 Å². The summed E-state index contributed by atoms with van der Waals surface area (Å²) in [6.07, 6.45) is 7.30. The summed E-state index contributed by atoms with van der Waals surface area (Å²) in [6, 6.07) is 5.05. The van der Waals surface area contributed by atoms with Gasteiger partial charge in [0.25, 0.3) is 0 Å². The van der Waals surface area contributed by atoms with Crippen LogP contribution in [0.4, 0.5) is 4.79 Å². The Morgan fingerprint density at radius 3 is 2.76 bits per heavy atom. The maximum Gasteiger partial charge on any atom is 0.418 e. The first-order chi connectivity index (χ1) is 9.85. The van der Waals surface area contributed by atoms with E-state index in [4.69, 9.17) is 4.74 Å². The van der Waals surface area contributed by atoms with E-state index in [0.29, 0.717) is 12.1 Å². The monoisotopic (exact) mass is 288 g/mol. The van der Waals surface area contributed by atoms with Crippen molar-refractivity contribution in [2.45, 2.75) is 57.7 Å². The lowest BCUT2D eigenvalue weighted by Gasteiger charge is -2.30. The molecule has 0 aliphatic carbocycles. The summed E-state index contributed by atoms with van der Waals surface area (Å²) in [6.45, 7) is 5.68. The van der Waals surface area contributed by atoms with Crippen molar-refractivity contribution in [1.82, 2.24) is 9.47 Å². The third-order valence-electron chi connectivity index (χ3n) is 4.41. The summed E-state index contributed by atoms with van der Waals surface area (Å²) >= 11 is 0. The van der Waals surface area contributed by atoms with E-state index in [2.05, 4.69) is 18.0 Å². The lowest BCUT2D eigenvalue weighted by Crippen LogP contribution is -2.35. The Morgan fingerprint density at radius 1 is 1.33 bits per heavy atom. The van der Waals surface area contributed by atoms with Gasteiger partial charge in [0.05, 0.1) is 5.69 Å². The molecule has 3 rings (SSSR count). The smallest absolute Gasteiger partial charge is 0.418 e. The lowest BCUT2D eigenvalue weighted by molar-refractivity contribution is 0.0536. The largest absolute Gasteiger partial charge is 0.443 e. The summed E-state index contributed by atoms with van der Waals surface area (Å²) in [7, 11) is 2.20. The molecule has 21 heavy (non-hydrogen) atoms. The van der Waals surface area contributed by atoms with Crippen molar-refractivity contribution < 1.29 is 9.53 Å². The van der Waals surface area contributed by atoms with Crippen molar-refractivity contribution in [3.05, 3.63) is 30.1 Å². The van der Waals surface area contributed by atoms with E-state index in [1.807, 2.05) is 32.9 Å². The van der Waals surface area contributed by atoms with Gasteiger partial charge in [-0.15, -0.1) is 0 Å². The number of hydrogen-bond donors (Lipinski definition) is 0. The quantitative estimate of drug-likeness (QED) is 0.793. The van der Waals surface area contributed by atoms with Crippen molar-refractivity contribution in [1.29, 1.82) is 0 Å². The van der Waals surface area contributed by atoms with E-state index in [-0.39, 0.29) is 6.09 Å². The average Bonchev–Trinajstić information content (AvgIpc) is 2.91. The maximum absolute atomic E-state index is 12.3. The van der Waals surface area contributed by atoms with Crippen LogP contribution in [0.3, 0.4) is 0 Å². The van der Waals surface area contributed by atoms with E-state index in [0.717, 1.165) is 12.1 Å². The molecule has 2 unspecified atom stereocenters. The van der Waals surface area contributed by atoms with Crippen LogP contribution in [0.1, 0.15) is 45.7 Å². The van der Waals surface area contributed by atoms with Gasteiger partial charge in [-0.3, -0.25) is 9.47 Å². The van der Waals surface area contributed by atoms with Gasteiger partial charge in [-0.2, -0.15) is 0 Å². The molecule has 1 fully saturated rings. The topological polar surface area (TPSA) is 34.5 Å². The number of ether oxygens (including phenoxy) is 1. The second-order valence-electron chi connectivity index (χ2n) is 7.10. The van der Waals surface area contributed by atoms with Crippen molar-refractivity contribution in [2.75, 3.05) is 7.05 Å². The van der Waals surface area contributed by atoms with Crippen molar-refractivity contribution >= 4 is 11.7 Å². The summed E-state index contributed by atoms with van der Waals surface area (Å²) in [5, 5.41) is 0. The predicted octanol–water partition coefficient (Wildman–Crippen LogP) is 3.52. The first kappa shape index (κ1) is 14.4. The van der Waals surface area contributed by atoms with Gasteiger partial charge in [-0.1, -0.05) is 6.08 Å². The van der Waals surface area contributed by atoms with Crippen LogP contribution in [-0.2, 0) is 4.74 Å². The van der Waals surface area contributed by atoms with E-state index in [1.54, 1.807) is 10.8 Å². The van der Waals surface area contributed by atoms with E-state index >= 15 is 0 Å². The number of fused-ring (bicyclic) bond motifs is 2. The number of hydrogen-bond acceptors (Lipinski definition) is 3. The normalized spacial score (nSPS) is 25.8. The fourth-order valence-electron chi connectivity index (χ4n) is 3.35. The molecule has 2 aliphatic rings. The molecule has 0 N–H and O–H groups in total. The Hall–Kier alpha value is -1.55. The molecular weight excluding hydrogens is 264 g/mol. The Balaban J connectivity index is 1.87. The Kier molecular flexibility index (Phi) is 3.44. The molecule has 0 spiro atoms. The molecule has 4 heteroatoms. The lowest BCUT2D eigenvalue weighted by atomic mass is 9.99. The Morgan fingerprint density at radius 2 is 2.10 bits per heavy atom. The molecule has 0 saturated carbocycles. The highest BCUT2D eigenvalue weighted by Gasteiger charge is 2.35. The minimum atomic E-state index is -0.473. The van der Waals surface area contributed by atoms with Crippen LogP contribution in [0.15, 0.2) is 24.4 Å². The van der Waals surface area contributed by atoms with Crippen LogP contribution < -0.4 is 0 Å². The van der Waals surface area contributed by atoms with Gasteiger partial charge in [0.15, 0.2) is 0 Å². The van der Waals surface area contributed by atoms with Crippen LogP contribution in [0.2, 0.25) is 0 Å². The zero-order valence-corrected chi connectivity index (χ0v) is 13.3. The van der Waals surface area contributed by atoms with Crippen molar-refractivity contribution in [3.8, 4) is 0 Å². The summed E-state index contributed by atoms with van der Waals surface area (Å²) in [5.74, 6) is 0. The molecule has 0 aromatic carbocycles. The molecule has 2 aliphatic heterocycles. The van der Waals surface area contributed by atoms with E-state index < -0.39 is 5.60 Å². The number of carbonyl (C=O) groups is 1. The minimum Gasteiger partial charge on any atom is -0.443 e. The zero-order chi connectivity index (χ0) is 15.2. The highest BCUT2D eigenvalue weighted by atomic mass is 16.6. The first-order valence-electron chi connectivity index (χ1n) is 7.69. The van der Waals surface area contributed by atoms with Crippen LogP contribution in [0.5, 0.6) is 0 Å². The number of nitrogens with zero attached hydrogens (tertiary/aromatic N) is 2.